The van der Waals surface area contributed by atoms with Crippen molar-refractivity contribution in [2.45, 2.75) is 6.42 Å². The third-order valence-electron chi connectivity index (χ3n) is 2.17. The fourth-order valence-corrected chi connectivity index (χ4v) is 1.98. The van der Waals surface area contributed by atoms with Crippen molar-refractivity contribution in [2.75, 3.05) is 13.1 Å². The molecule has 2 aromatic heterocycles. The van der Waals surface area contributed by atoms with Crippen molar-refractivity contribution < 1.29 is 9.32 Å². The number of hydrogen-bond acceptors (Lipinski definition) is 5. The number of nitrogens with two attached hydrogens (primary N) is 1. The third-order valence-corrected chi connectivity index (χ3v) is 3.06. The Morgan fingerprint density at radius 3 is 3.18 bits per heavy atom. The molecule has 0 atom stereocenters. The van der Waals surface area contributed by atoms with Crippen LogP contribution in [0.15, 0.2) is 28.1 Å². The summed E-state index contributed by atoms with van der Waals surface area (Å²) in [5.41, 5.74) is 5.63. The first-order valence-corrected chi connectivity index (χ1v) is 6.18. The van der Waals surface area contributed by atoms with Crippen molar-refractivity contribution in [3.63, 3.8) is 0 Å². The van der Waals surface area contributed by atoms with E-state index in [1.807, 2.05) is 17.5 Å². The number of thiophene rings is 1. The second-order valence-electron chi connectivity index (χ2n) is 3.45. The lowest BCUT2D eigenvalue weighted by atomic mass is 10.3. The average molecular weight is 251 g/mol. The SMILES string of the molecule is NCCCNC(=O)c1cc(-c2cccs2)on1. The van der Waals surface area contributed by atoms with Crippen LogP contribution in [0.5, 0.6) is 0 Å². The van der Waals surface area contributed by atoms with E-state index < -0.39 is 0 Å². The van der Waals surface area contributed by atoms with Gasteiger partial charge in [0.1, 0.15) is 0 Å². The van der Waals surface area contributed by atoms with Crippen molar-refractivity contribution >= 4 is 17.2 Å². The van der Waals surface area contributed by atoms with Crippen molar-refractivity contribution in [2.24, 2.45) is 5.73 Å². The van der Waals surface area contributed by atoms with Gasteiger partial charge >= 0.3 is 0 Å². The van der Waals surface area contributed by atoms with Gasteiger partial charge in [-0.05, 0) is 24.4 Å². The summed E-state index contributed by atoms with van der Waals surface area (Å²) in [6, 6.07) is 5.48. The maximum atomic E-state index is 11.6. The molecule has 2 aromatic rings. The van der Waals surface area contributed by atoms with Crippen molar-refractivity contribution in [1.82, 2.24) is 10.5 Å². The number of carbonyl (C=O) groups excluding carboxylic acids is 1. The molecule has 2 rings (SSSR count). The average Bonchev–Trinajstić information content (AvgIpc) is 3.00. The van der Waals surface area contributed by atoms with Gasteiger partial charge in [-0.1, -0.05) is 11.2 Å². The summed E-state index contributed by atoms with van der Waals surface area (Å²) in [5.74, 6) is 0.383. The number of hydrogen-bond donors (Lipinski definition) is 2. The molecule has 0 aliphatic carbocycles. The smallest absolute Gasteiger partial charge is 0.273 e. The molecule has 0 saturated heterocycles. The van der Waals surface area contributed by atoms with E-state index in [2.05, 4.69) is 10.5 Å². The summed E-state index contributed by atoms with van der Waals surface area (Å²) in [6.45, 7) is 1.11. The molecule has 6 heteroatoms. The van der Waals surface area contributed by atoms with E-state index in [0.29, 0.717) is 24.5 Å². The normalized spacial score (nSPS) is 10.4. The van der Waals surface area contributed by atoms with Gasteiger partial charge < -0.3 is 15.6 Å². The minimum atomic E-state index is -0.231. The van der Waals surface area contributed by atoms with Crippen LogP contribution in [0.4, 0.5) is 0 Å². The Morgan fingerprint density at radius 1 is 1.59 bits per heavy atom. The van der Waals surface area contributed by atoms with E-state index in [0.717, 1.165) is 11.3 Å². The first-order chi connectivity index (χ1) is 8.31. The van der Waals surface area contributed by atoms with Crippen LogP contribution < -0.4 is 11.1 Å². The topological polar surface area (TPSA) is 81.1 Å². The van der Waals surface area contributed by atoms with Crippen LogP contribution in [-0.4, -0.2) is 24.2 Å². The number of nitrogens with one attached hydrogen (secondary N) is 1. The zero-order valence-electron chi connectivity index (χ0n) is 9.18. The van der Waals surface area contributed by atoms with Crippen LogP contribution in [0.2, 0.25) is 0 Å². The van der Waals surface area contributed by atoms with Crippen molar-refractivity contribution in [3.8, 4) is 10.6 Å². The highest BCUT2D eigenvalue weighted by Gasteiger charge is 2.13. The molecule has 0 aliphatic rings. The van der Waals surface area contributed by atoms with Gasteiger partial charge in [-0.25, -0.2) is 0 Å². The van der Waals surface area contributed by atoms with Crippen LogP contribution in [0.3, 0.4) is 0 Å². The lowest BCUT2D eigenvalue weighted by Gasteiger charge is -1.99. The molecular formula is C11H13N3O2S. The molecule has 2 heterocycles. The Kier molecular flexibility index (Phi) is 3.89. The van der Waals surface area contributed by atoms with Gasteiger partial charge in [0.05, 0.1) is 4.88 Å². The Morgan fingerprint density at radius 2 is 2.47 bits per heavy atom. The van der Waals surface area contributed by atoms with E-state index in [1.165, 1.54) is 0 Å². The van der Waals surface area contributed by atoms with E-state index in [4.69, 9.17) is 10.3 Å². The van der Waals surface area contributed by atoms with Gasteiger partial charge in [-0.2, -0.15) is 0 Å². The Hall–Kier alpha value is -1.66. The van der Waals surface area contributed by atoms with Gasteiger partial charge in [-0.3, -0.25) is 4.79 Å². The summed E-state index contributed by atoms with van der Waals surface area (Å²) in [4.78, 5) is 12.6. The summed E-state index contributed by atoms with van der Waals surface area (Å²) in [6.07, 6.45) is 0.751. The minimum Gasteiger partial charge on any atom is -0.355 e. The quantitative estimate of drug-likeness (QED) is 0.789. The molecule has 0 spiro atoms. The second-order valence-corrected chi connectivity index (χ2v) is 4.40. The fraction of sp³-hybridized carbons (Fsp3) is 0.273. The monoisotopic (exact) mass is 251 g/mol. The Labute approximate surface area is 103 Å². The van der Waals surface area contributed by atoms with Crippen molar-refractivity contribution in [1.29, 1.82) is 0 Å². The summed E-state index contributed by atoms with van der Waals surface area (Å²) < 4.78 is 5.11. The van der Waals surface area contributed by atoms with Gasteiger partial charge in [-0.15, -0.1) is 11.3 Å². The summed E-state index contributed by atoms with van der Waals surface area (Å²) >= 11 is 1.54. The van der Waals surface area contributed by atoms with Crippen LogP contribution in [-0.2, 0) is 0 Å². The lowest BCUT2D eigenvalue weighted by Crippen LogP contribution is -2.26. The molecule has 17 heavy (non-hydrogen) atoms. The molecule has 0 aliphatic heterocycles. The number of nitrogens with zero attached hydrogens (tertiary/aromatic N) is 1. The third kappa shape index (κ3) is 2.92. The molecule has 0 unspecified atom stereocenters. The molecular weight excluding hydrogens is 238 g/mol. The lowest BCUT2D eigenvalue weighted by molar-refractivity contribution is 0.0944. The molecule has 1 amide bonds. The summed E-state index contributed by atoms with van der Waals surface area (Å²) in [5, 5.41) is 8.40. The van der Waals surface area contributed by atoms with Crippen molar-refractivity contribution in [3.05, 3.63) is 29.3 Å². The van der Waals surface area contributed by atoms with Gasteiger partial charge in [0.15, 0.2) is 11.5 Å². The van der Waals surface area contributed by atoms with Gasteiger partial charge in [0.25, 0.3) is 5.91 Å². The number of amides is 1. The van der Waals surface area contributed by atoms with E-state index in [1.54, 1.807) is 17.4 Å². The predicted molar refractivity (Wildman–Crippen MR) is 65.8 cm³/mol. The molecule has 0 aromatic carbocycles. The highest BCUT2D eigenvalue weighted by Crippen LogP contribution is 2.24. The van der Waals surface area contributed by atoms with Crippen LogP contribution >= 0.6 is 11.3 Å². The number of rotatable bonds is 5. The van der Waals surface area contributed by atoms with E-state index in [-0.39, 0.29) is 5.91 Å². The standard InChI is InChI=1S/C11H13N3O2S/c12-4-2-5-13-11(15)8-7-9(16-14-8)10-3-1-6-17-10/h1,3,6-7H,2,4-5,12H2,(H,13,15). The predicted octanol–water partition coefficient (Wildman–Crippen LogP) is 1.48. The van der Waals surface area contributed by atoms with Gasteiger partial charge in [0, 0.05) is 12.6 Å². The first kappa shape index (κ1) is 11.8. The molecule has 0 fully saturated rings. The second kappa shape index (κ2) is 5.60. The number of aromatic nitrogens is 1. The minimum absolute atomic E-state index is 0.231. The van der Waals surface area contributed by atoms with Crippen LogP contribution in [0.1, 0.15) is 16.9 Å². The fourth-order valence-electron chi connectivity index (χ4n) is 1.31. The largest absolute Gasteiger partial charge is 0.355 e. The molecule has 0 radical (unpaired) electrons. The molecule has 5 nitrogen and oxygen atoms in total. The zero-order chi connectivity index (χ0) is 12.1. The highest BCUT2D eigenvalue weighted by atomic mass is 32.1. The van der Waals surface area contributed by atoms with Gasteiger partial charge in [0.2, 0.25) is 0 Å². The summed E-state index contributed by atoms with van der Waals surface area (Å²) in [7, 11) is 0. The molecule has 0 bridgehead atoms. The Balaban J connectivity index is 2.01. The first-order valence-electron chi connectivity index (χ1n) is 5.30. The maximum absolute atomic E-state index is 11.6. The molecule has 0 saturated carbocycles. The maximum Gasteiger partial charge on any atom is 0.273 e. The van der Waals surface area contributed by atoms with Crippen LogP contribution in [0, 0.1) is 0 Å². The Bertz CT molecular complexity index is 479. The highest BCUT2D eigenvalue weighted by molar-refractivity contribution is 7.13. The number of carbonyl (C=O) groups is 1. The zero-order valence-corrected chi connectivity index (χ0v) is 10.00. The van der Waals surface area contributed by atoms with E-state index >= 15 is 0 Å². The molecule has 90 valence electrons. The van der Waals surface area contributed by atoms with Crippen LogP contribution in [0.25, 0.3) is 10.6 Å². The van der Waals surface area contributed by atoms with E-state index in [9.17, 15) is 4.79 Å². The molecule has 3 N–H and O–H groups in total.